The van der Waals surface area contributed by atoms with Crippen molar-refractivity contribution in [3.63, 3.8) is 0 Å². The van der Waals surface area contributed by atoms with Crippen molar-refractivity contribution in [1.29, 1.82) is 0 Å². The largest absolute Gasteiger partial charge is 0.327 e. The zero-order valence-corrected chi connectivity index (χ0v) is 8.18. The van der Waals surface area contributed by atoms with Crippen molar-refractivity contribution in [2.24, 2.45) is 5.73 Å². The summed E-state index contributed by atoms with van der Waals surface area (Å²) in [5.74, 6) is -0.0554. The fourth-order valence-corrected chi connectivity index (χ4v) is 2.45. The van der Waals surface area contributed by atoms with Crippen molar-refractivity contribution >= 4 is 23.7 Å². The summed E-state index contributed by atoms with van der Waals surface area (Å²) in [4.78, 5) is 1.20. The number of aryl methyl sites for hydroxylation is 1. The second-order valence-corrected chi connectivity index (χ2v) is 3.95. The van der Waals surface area contributed by atoms with Gasteiger partial charge >= 0.3 is 0 Å². The van der Waals surface area contributed by atoms with E-state index in [0.717, 1.165) is 24.8 Å². The molecule has 2 N–H and O–H groups in total. The number of nitrogens with two attached hydrogens (primary N) is 1. The van der Waals surface area contributed by atoms with Gasteiger partial charge in [0.1, 0.15) is 5.82 Å². The van der Waals surface area contributed by atoms with E-state index in [1.165, 1.54) is 16.2 Å². The lowest BCUT2D eigenvalue weighted by atomic mass is 9.95. The molecule has 1 aliphatic rings. The predicted molar refractivity (Wildman–Crippen MR) is 51.5 cm³/mol. The molecule has 0 aliphatic heterocycles. The Morgan fingerprint density at radius 1 is 1.58 bits per heavy atom. The number of hydrogen-bond donors (Lipinski definition) is 1. The first kappa shape index (κ1) is 9.96. The van der Waals surface area contributed by atoms with Crippen LogP contribution < -0.4 is 5.73 Å². The Hall–Kier alpha value is -0.120. The molecule has 0 radical (unpaired) electrons. The molecule has 68 valence electrons. The zero-order valence-electron chi connectivity index (χ0n) is 6.55. The Morgan fingerprint density at radius 3 is 3.08 bits per heavy atom. The van der Waals surface area contributed by atoms with Crippen LogP contribution in [-0.2, 0) is 12.8 Å². The fourth-order valence-electron chi connectivity index (χ4n) is 1.50. The minimum Gasteiger partial charge on any atom is -0.327 e. The van der Waals surface area contributed by atoms with Crippen molar-refractivity contribution in [3.05, 3.63) is 21.6 Å². The maximum absolute atomic E-state index is 13.0. The van der Waals surface area contributed by atoms with Gasteiger partial charge in [-0.05, 0) is 19.3 Å². The Kier molecular flexibility index (Phi) is 3.09. The molecule has 1 unspecified atom stereocenters. The molecule has 0 bridgehead atoms. The smallest absolute Gasteiger partial charge is 0.137 e. The van der Waals surface area contributed by atoms with Gasteiger partial charge in [0.25, 0.3) is 0 Å². The molecule has 1 atom stereocenters. The predicted octanol–water partition coefficient (Wildman–Crippen LogP) is 2.12. The summed E-state index contributed by atoms with van der Waals surface area (Å²) >= 11 is 1.52. The van der Waals surface area contributed by atoms with Crippen LogP contribution >= 0.6 is 23.7 Å². The molecule has 0 spiro atoms. The maximum Gasteiger partial charge on any atom is 0.137 e. The zero-order chi connectivity index (χ0) is 7.84. The van der Waals surface area contributed by atoms with E-state index in [9.17, 15) is 4.39 Å². The van der Waals surface area contributed by atoms with Gasteiger partial charge < -0.3 is 5.73 Å². The van der Waals surface area contributed by atoms with Crippen molar-refractivity contribution in [1.82, 2.24) is 0 Å². The molecule has 0 saturated heterocycles. The van der Waals surface area contributed by atoms with Crippen LogP contribution in [0.3, 0.4) is 0 Å². The topological polar surface area (TPSA) is 26.0 Å². The molecule has 0 fully saturated rings. The third-order valence-corrected chi connectivity index (χ3v) is 3.20. The quantitative estimate of drug-likeness (QED) is 0.693. The third-order valence-electron chi connectivity index (χ3n) is 2.14. The summed E-state index contributed by atoms with van der Waals surface area (Å²) in [6.07, 6.45) is 2.70. The highest BCUT2D eigenvalue weighted by atomic mass is 35.5. The number of fused-ring (bicyclic) bond motifs is 1. The molecule has 12 heavy (non-hydrogen) atoms. The lowest BCUT2D eigenvalue weighted by Crippen LogP contribution is -2.27. The minimum absolute atomic E-state index is 0. The summed E-state index contributed by atoms with van der Waals surface area (Å²) in [7, 11) is 0. The molecule has 1 aliphatic carbocycles. The first-order chi connectivity index (χ1) is 5.27. The van der Waals surface area contributed by atoms with Gasteiger partial charge in [0.2, 0.25) is 0 Å². The average molecular weight is 208 g/mol. The second kappa shape index (κ2) is 3.73. The molecule has 1 aromatic rings. The van der Waals surface area contributed by atoms with Crippen LogP contribution in [0.5, 0.6) is 0 Å². The third kappa shape index (κ3) is 1.63. The van der Waals surface area contributed by atoms with Crippen molar-refractivity contribution < 1.29 is 4.39 Å². The van der Waals surface area contributed by atoms with Crippen LogP contribution in [-0.4, -0.2) is 6.04 Å². The van der Waals surface area contributed by atoms with Crippen LogP contribution in [0.15, 0.2) is 5.38 Å². The Bertz CT molecular complexity index is 274. The van der Waals surface area contributed by atoms with Gasteiger partial charge in [0, 0.05) is 21.9 Å². The second-order valence-electron chi connectivity index (χ2n) is 2.99. The van der Waals surface area contributed by atoms with Crippen LogP contribution in [0.25, 0.3) is 0 Å². The van der Waals surface area contributed by atoms with Crippen molar-refractivity contribution in [3.8, 4) is 0 Å². The van der Waals surface area contributed by atoms with Crippen LogP contribution in [0.1, 0.15) is 16.9 Å². The van der Waals surface area contributed by atoms with Crippen molar-refractivity contribution in [2.75, 3.05) is 0 Å². The normalized spacial score (nSPS) is 21.3. The highest BCUT2D eigenvalue weighted by Crippen LogP contribution is 2.28. The fraction of sp³-hybridized carbons (Fsp3) is 0.500. The van der Waals surface area contributed by atoms with Gasteiger partial charge in [0.15, 0.2) is 0 Å². The first-order valence-corrected chi connectivity index (χ1v) is 4.65. The van der Waals surface area contributed by atoms with Gasteiger partial charge in [-0.25, -0.2) is 4.39 Å². The molecule has 1 nitrogen and oxygen atoms in total. The van der Waals surface area contributed by atoms with Crippen LogP contribution in [0.4, 0.5) is 4.39 Å². The Morgan fingerprint density at radius 2 is 2.33 bits per heavy atom. The molecule has 1 heterocycles. The lowest BCUT2D eigenvalue weighted by Gasteiger charge is -2.17. The van der Waals surface area contributed by atoms with E-state index in [0.29, 0.717) is 0 Å². The summed E-state index contributed by atoms with van der Waals surface area (Å²) in [5.41, 5.74) is 6.58. The van der Waals surface area contributed by atoms with Gasteiger partial charge in [0.05, 0.1) is 0 Å². The molecule has 4 heteroatoms. The first-order valence-electron chi connectivity index (χ1n) is 3.77. The maximum atomic E-state index is 13.0. The molecule has 0 aromatic carbocycles. The van der Waals surface area contributed by atoms with Gasteiger partial charge in [-0.15, -0.1) is 23.7 Å². The number of thiophene rings is 1. The number of rotatable bonds is 0. The summed E-state index contributed by atoms with van der Waals surface area (Å²) in [6.45, 7) is 0. The SMILES string of the molecule is Cl.NC1CCc2scc(F)c2C1. The molecule has 1 aromatic heterocycles. The van der Waals surface area contributed by atoms with Gasteiger partial charge in [-0.1, -0.05) is 0 Å². The van der Waals surface area contributed by atoms with Gasteiger partial charge in [-0.2, -0.15) is 0 Å². The monoisotopic (exact) mass is 207 g/mol. The Balaban J connectivity index is 0.000000720. The van der Waals surface area contributed by atoms with E-state index in [4.69, 9.17) is 5.73 Å². The molecular weight excluding hydrogens is 197 g/mol. The summed E-state index contributed by atoms with van der Waals surface area (Å²) in [5, 5.41) is 1.59. The van der Waals surface area contributed by atoms with E-state index in [1.54, 1.807) is 5.38 Å². The highest BCUT2D eigenvalue weighted by Gasteiger charge is 2.19. The van der Waals surface area contributed by atoms with E-state index < -0.39 is 0 Å². The molecule has 0 amide bonds. The molecule has 2 rings (SSSR count). The van der Waals surface area contributed by atoms with Gasteiger partial charge in [-0.3, -0.25) is 0 Å². The standard InChI is InChI=1S/C8H10FNS.ClH/c9-7-4-11-8-2-1-5(10)3-6(7)8;/h4-5H,1-3,10H2;1H. The number of halogens is 2. The van der Waals surface area contributed by atoms with E-state index in [2.05, 4.69) is 0 Å². The van der Waals surface area contributed by atoms with E-state index in [1.807, 2.05) is 0 Å². The Labute approximate surface area is 81.2 Å². The van der Waals surface area contributed by atoms with Crippen molar-refractivity contribution in [2.45, 2.75) is 25.3 Å². The highest BCUT2D eigenvalue weighted by molar-refractivity contribution is 7.10. The molecular formula is C8H11ClFNS. The average Bonchev–Trinajstić information content (AvgIpc) is 2.33. The van der Waals surface area contributed by atoms with Crippen LogP contribution in [0, 0.1) is 5.82 Å². The van der Waals surface area contributed by atoms with Crippen LogP contribution in [0.2, 0.25) is 0 Å². The molecule has 0 saturated carbocycles. The summed E-state index contributed by atoms with van der Waals surface area (Å²) < 4.78 is 13.0. The van der Waals surface area contributed by atoms with E-state index >= 15 is 0 Å². The van der Waals surface area contributed by atoms with E-state index in [-0.39, 0.29) is 24.3 Å². The lowest BCUT2D eigenvalue weighted by molar-refractivity contribution is 0.544. The number of hydrogen-bond acceptors (Lipinski definition) is 2. The minimum atomic E-state index is -0.0554. The summed E-state index contributed by atoms with van der Waals surface area (Å²) in [6, 6.07) is 0.173.